The first-order valence-electron chi connectivity index (χ1n) is 8.53. The monoisotopic (exact) mass is 345 g/mol. The molecule has 0 aromatic rings. The standard InChI is InChI=1S/C15H27N3O4S/c16-23(20,21)13-10-14(19)17(11-13)12-15(4-2-1-3-5-15)18-6-8-22-9-7-18/h13H,1-12H2,(H2,16,20,21). The number of sulfonamides is 1. The minimum absolute atomic E-state index is 0.0229. The Kier molecular flexibility index (Phi) is 4.96. The van der Waals surface area contributed by atoms with E-state index in [1.54, 1.807) is 4.90 Å². The van der Waals surface area contributed by atoms with Gasteiger partial charge in [0.1, 0.15) is 5.25 Å². The molecule has 3 fully saturated rings. The number of carbonyl (C=O) groups excluding carboxylic acids is 1. The van der Waals surface area contributed by atoms with E-state index in [9.17, 15) is 13.2 Å². The summed E-state index contributed by atoms with van der Waals surface area (Å²) in [4.78, 5) is 16.5. The van der Waals surface area contributed by atoms with Crippen molar-refractivity contribution < 1.29 is 17.9 Å². The van der Waals surface area contributed by atoms with Crippen LogP contribution in [-0.2, 0) is 19.6 Å². The van der Waals surface area contributed by atoms with E-state index in [-0.39, 0.29) is 24.4 Å². The number of hydrogen-bond donors (Lipinski definition) is 1. The second kappa shape index (κ2) is 6.66. The van der Waals surface area contributed by atoms with Crippen LogP contribution in [0.5, 0.6) is 0 Å². The smallest absolute Gasteiger partial charge is 0.224 e. The summed E-state index contributed by atoms with van der Waals surface area (Å²) in [5.74, 6) is -0.0813. The first kappa shape index (κ1) is 17.1. The van der Waals surface area contributed by atoms with E-state index >= 15 is 0 Å². The third kappa shape index (κ3) is 3.70. The van der Waals surface area contributed by atoms with Crippen LogP contribution in [0.25, 0.3) is 0 Å². The Morgan fingerprint density at radius 1 is 1.17 bits per heavy atom. The Balaban J connectivity index is 1.75. The molecule has 0 spiro atoms. The lowest BCUT2D eigenvalue weighted by Gasteiger charge is -2.49. The highest BCUT2D eigenvalue weighted by Gasteiger charge is 2.44. The van der Waals surface area contributed by atoms with Gasteiger partial charge in [0.25, 0.3) is 0 Å². The number of amides is 1. The maximum Gasteiger partial charge on any atom is 0.224 e. The second-order valence-corrected chi connectivity index (χ2v) is 8.92. The van der Waals surface area contributed by atoms with Gasteiger partial charge in [0.15, 0.2) is 0 Å². The highest BCUT2D eigenvalue weighted by molar-refractivity contribution is 7.89. The third-order valence-corrected chi connectivity index (χ3v) is 6.84. The predicted molar refractivity (Wildman–Crippen MR) is 86.3 cm³/mol. The van der Waals surface area contributed by atoms with Crippen molar-refractivity contribution in [2.24, 2.45) is 5.14 Å². The normalized spacial score (nSPS) is 29.9. The van der Waals surface area contributed by atoms with E-state index in [1.807, 2.05) is 0 Å². The van der Waals surface area contributed by atoms with E-state index in [1.165, 1.54) is 6.42 Å². The molecule has 2 N–H and O–H groups in total. The number of carbonyl (C=O) groups is 1. The van der Waals surface area contributed by atoms with E-state index in [0.29, 0.717) is 6.54 Å². The zero-order chi connectivity index (χ0) is 16.5. The molecule has 1 amide bonds. The zero-order valence-corrected chi connectivity index (χ0v) is 14.4. The maximum absolute atomic E-state index is 12.3. The van der Waals surface area contributed by atoms with Crippen molar-refractivity contribution >= 4 is 15.9 Å². The van der Waals surface area contributed by atoms with Gasteiger partial charge in [-0.05, 0) is 12.8 Å². The Morgan fingerprint density at radius 2 is 1.83 bits per heavy atom. The van der Waals surface area contributed by atoms with Crippen LogP contribution in [0, 0.1) is 0 Å². The molecule has 2 aliphatic heterocycles. The molecule has 132 valence electrons. The molecule has 1 saturated carbocycles. The number of ether oxygens (including phenoxy) is 1. The molecular formula is C15H27N3O4S. The first-order chi connectivity index (χ1) is 10.9. The molecular weight excluding hydrogens is 318 g/mol. The molecule has 7 nitrogen and oxygen atoms in total. The van der Waals surface area contributed by atoms with Crippen LogP contribution < -0.4 is 5.14 Å². The van der Waals surface area contributed by atoms with Crippen molar-refractivity contribution in [3.05, 3.63) is 0 Å². The molecule has 1 unspecified atom stereocenters. The van der Waals surface area contributed by atoms with Gasteiger partial charge in [-0.15, -0.1) is 0 Å². The molecule has 8 heteroatoms. The van der Waals surface area contributed by atoms with Crippen molar-refractivity contribution in [3.63, 3.8) is 0 Å². The van der Waals surface area contributed by atoms with Crippen LogP contribution in [0.1, 0.15) is 38.5 Å². The topological polar surface area (TPSA) is 92.9 Å². The van der Waals surface area contributed by atoms with Gasteiger partial charge in [0, 0.05) is 38.1 Å². The van der Waals surface area contributed by atoms with Crippen LogP contribution in [-0.4, -0.2) is 74.3 Å². The fourth-order valence-electron chi connectivity index (χ4n) is 4.29. The summed E-state index contributed by atoms with van der Waals surface area (Å²) in [6, 6.07) is 0. The quantitative estimate of drug-likeness (QED) is 0.769. The molecule has 23 heavy (non-hydrogen) atoms. The highest BCUT2D eigenvalue weighted by atomic mass is 32.2. The van der Waals surface area contributed by atoms with Crippen molar-refractivity contribution in [2.45, 2.75) is 49.3 Å². The number of nitrogens with two attached hydrogens (primary N) is 1. The fraction of sp³-hybridized carbons (Fsp3) is 0.933. The minimum Gasteiger partial charge on any atom is -0.379 e. The molecule has 0 bridgehead atoms. The van der Waals surface area contributed by atoms with Gasteiger partial charge in [-0.25, -0.2) is 13.6 Å². The van der Waals surface area contributed by atoms with Crippen LogP contribution in [0.15, 0.2) is 0 Å². The Morgan fingerprint density at radius 3 is 2.39 bits per heavy atom. The second-order valence-electron chi connectivity index (χ2n) is 7.07. The van der Waals surface area contributed by atoms with Crippen LogP contribution in [0.4, 0.5) is 0 Å². The van der Waals surface area contributed by atoms with Crippen LogP contribution in [0.2, 0.25) is 0 Å². The third-order valence-electron chi connectivity index (χ3n) is 5.59. The average Bonchev–Trinajstić information content (AvgIpc) is 2.90. The summed E-state index contributed by atoms with van der Waals surface area (Å²) in [7, 11) is -3.65. The average molecular weight is 345 g/mol. The number of morpholine rings is 1. The molecule has 0 radical (unpaired) electrons. The van der Waals surface area contributed by atoms with Gasteiger partial charge in [-0.3, -0.25) is 9.69 Å². The molecule has 0 aromatic heterocycles. The van der Waals surface area contributed by atoms with Crippen molar-refractivity contribution in [2.75, 3.05) is 39.4 Å². The van der Waals surface area contributed by atoms with Crippen molar-refractivity contribution in [1.82, 2.24) is 9.80 Å². The minimum atomic E-state index is -3.65. The predicted octanol–water partition coefficient (Wildman–Crippen LogP) is -0.0891. The molecule has 3 aliphatic rings. The number of likely N-dealkylation sites (tertiary alicyclic amines) is 1. The molecule has 1 aliphatic carbocycles. The highest BCUT2D eigenvalue weighted by Crippen LogP contribution is 2.36. The first-order valence-corrected chi connectivity index (χ1v) is 10.1. The van der Waals surface area contributed by atoms with Gasteiger partial charge in [-0.2, -0.15) is 0 Å². The lowest BCUT2D eigenvalue weighted by molar-refractivity contribution is -0.131. The summed E-state index contributed by atoms with van der Waals surface area (Å²) in [6.07, 6.45) is 5.72. The van der Waals surface area contributed by atoms with Crippen LogP contribution >= 0.6 is 0 Å². The van der Waals surface area contributed by atoms with E-state index in [4.69, 9.17) is 9.88 Å². The van der Waals surface area contributed by atoms with Crippen molar-refractivity contribution in [3.8, 4) is 0 Å². The largest absolute Gasteiger partial charge is 0.379 e. The van der Waals surface area contributed by atoms with Gasteiger partial charge < -0.3 is 9.64 Å². The van der Waals surface area contributed by atoms with Gasteiger partial charge in [-0.1, -0.05) is 19.3 Å². The SMILES string of the molecule is NS(=O)(=O)C1CC(=O)N(CC2(N3CCOCC3)CCCCC2)C1. The van der Waals surface area contributed by atoms with Gasteiger partial charge >= 0.3 is 0 Å². The number of nitrogens with zero attached hydrogens (tertiary/aromatic N) is 2. The van der Waals surface area contributed by atoms with E-state index in [0.717, 1.165) is 52.0 Å². The zero-order valence-electron chi connectivity index (χ0n) is 13.6. The molecule has 2 saturated heterocycles. The van der Waals surface area contributed by atoms with Gasteiger partial charge in [0.05, 0.1) is 13.2 Å². The number of primary sulfonamides is 1. The Labute approximate surface area is 138 Å². The van der Waals surface area contributed by atoms with E-state index < -0.39 is 15.3 Å². The summed E-state index contributed by atoms with van der Waals surface area (Å²) >= 11 is 0. The Hall–Kier alpha value is -0.700. The summed E-state index contributed by atoms with van der Waals surface area (Å²) in [5, 5.41) is 4.49. The molecule has 2 heterocycles. The number of rotatable bonds is 4. The summed E-state index contributed by atoms with van der Waals surface area (Å²) < 4.78 is 28.6. The van der Waals surface area contributed by atoms with Gasteiger partial charge in [0.2, 0.25) is 15.9 Å². The Bertz CT molecular complexity index is 539. The maximum atomic E-state index is 12.3. The molecule has 0 aromatic carbocycles. The lowest BCUT2D eigenvalue weighted by atomic mass is 9.79. The van der Waals surface area contributed by atoms with Crippen molar-refractivity contribution in [1.29, 1.82) is 0 Å². The van der Waals surface area contributed by atoms with Crippen LogP contribution in [0.3, 0.4) is 0 Å². The number of hydrogen-bond acceptors (Lipinski definition) is 5. The van der Waals surface area contributed by atoms with E-state index in [2.05, 4.69) is 4.90 Å². The summed E-state index contributed by atoms with van der Waals surface area (Å²) in [5.41, 5.74) is -0.0229. The summed E-state index contributed by atoms with van der Waals surface area (Å²) in [6.45, 7) is 4.11. The molecule has 3 rings (SSSR count). The molecule has 1 atom stereocenters. The fourth-order valence-corrected chi connectivity index (χ4v) is 5.05. The lowest BCUT2D eigenvalue weighted by Crippen LogP contribution is -2.60.